The topological polar surface area (TPSA) is 15.3 Å². The lowest BCUT2D eigenvalue weighted by Crippen LogP contribution is -2.48. The van der Waals surface area contributed by atoms with Gasteiger partial charge in [-0.05, 0) is 52.7 Å². The summed E-state index contributed by atoms with van der Waals surface area (Å²) in [7, 11) is 5.43. The van der Waals surface area contributed by atoms with Gasteiger partial charge in [0.15, 0.2) is 0 Å². The van der Waals surface area contributed by atoms with Crippen molar-refractivity contribution in [2.45, 2.75) is 31.6 Å². The fraction of sp³-hybridized carbons (Fsp3) is 0.571. The van der Waals surface area contributed by atoms with Crippen LogP contribution in [-0.4, -0.2) is 31.6 Å². The molecule has 0 radical (unpaired) electrons. The van der Waals surface area contributed by atoms with E-state index in [1.807, 2.05) is 32.8 Å². The van der Waals surface area contributed by atoms with Gasteiger partial charge in [0.2, 0.25) is 0 Å². The van der Waals surface area contributed by atoms with Gasteiger partial charge in [0.25, 0.3) is 0 Å². The molecule has 1 unspecified atom stereocenters. The minimum Gasteiger partial charge on any atom is -0.311 e. The molecule has 0 aliphatic rings. The molecule has 0 aliphatic carbocycles. The molecule has 2 nitrogen and oxygen atoms in total. The minimum atomic E-state index is -4.67. The van der Waals surface area contributed by atoms with Gasteiger partial charge in [0, 0.05) is 11.6 Å². The van der Waals surface area contributed by atoms with E-state index in [2.05, 4.69) is 5.32 Å². The summed E-state index contributed by atoms with van der Waals surface area (Å²) in [5.74, 6) is -1.25. The zero-order chi connectivity index (χ0) is 15.7. The second kappa shape index (κ2) is 5.69. The second-order valence-corrected chi connectivity index (χ2v) is 5.51. The maximum absolute atomic E-state index is 13.7. The van der Waals surface area contributed by atoms with Crippen molar-refractivity contribution in [3.63, 3.8) is 0 Å². The molecule has 6 heteroatoms. The molecule has 20 heavy (non-hydrogen) atoms. The Bertz CT molecular complexity index is 467. The first-order chi connectivity index (χ1) is 9.01. The van der Waals surface area contributed by atoms with Crippen LogP contribution in [-0.2, 0) is 6.18 Å². The predicted octanol–water partition coefficient (Wildman–Crippen LogP) is 3.45. The molecule has 114 valence electrons. The standard InChI is InChI=1S/C14H20F4N2/c1-13(2,20(4)5)12(19-3)9-6-7-10(11(15)8-9)14(16,17)18/h6-8,12,19H,1-5H3. The summed E-state index contributed by atoms with van der Waals surface area (Å²) in [6.07, 6.45) is -4.67. The Morgan fingerprint density at radius 3 is 2.05 bits per heavy atom. The lowest BCUT2D eigenvalue weighted by Gasteiger charge is -2.40. The van der Waals surface area contributed by atoms with Gasteiger partial charge in [-0.15, -0.1) is 0 Å². The van der Waals surface area contributed by atoms with Gasteiger partial charge in [-0.2, -0.15) is 13.2 Å². The molecule has 0 spiro atoms. The number of hydrogen-bond donors (Lipinski definition) is 1. The summed E-state index contributed by atoms with van der Waals surface area (Å²) >= 11 is 0. The molecule has 1 aromatic rings. The summed E-state index contributed by atoms with van der Waals surface area (Å²) in [6.45, 7) is 3.87. The van der Waals surface area contributed by atoms with Gasteiger partial charge in [0.1, 0.15) is 5.82 Å². The normalized spacial score (nSPS) is 14.7. The summed E-state index contributed by atoms with van der Waals surface area (Å²) in [4.78, 5) is 1.93. The molecule has 0 saturated carbocycles. The molecule has 0 bridgehead atoms. The first-order valence-corrected chi connectivity index (χ1v) is 6.23. The van der Waals surface area contributed by atoms with E-state index in [4.69, 9.17) is 0 Å². The summed E-state index contributed by atoms with van der Waals surface area (Å²) in [5.41, 5.74) is -1.14. The van der Waals surface area contributed by atoms with Crippen molar-refractivity contribution in [2.75, 3.05) is 21.1 Å². The molecular weight excluding hydrogens is 272 g/mol. The SMILES string of the molecule is CNC(c1ccc(C(F)(F)F)c(F)c1)C(C)(C)N(C)C. The van der Waals surface area contributed by atoms with Crippen molar-refractivity contribution in [3.05, 3.63) is 35.1 Å². The summed E-state index contributed by atoms with van der Waals surface area (Å²) < 4.78 is 51.4. The highest BCUT2D eigenvalue weighted by molar-refractivity contribution is 5.30. The van der Waals surface area contributed by atoms with Crippen LogP contribution < -0.4 is 5.32 Å². The second-order valence-electron chi connectivity index (χ2n) is 5.51. The molecule has 1 atom stereocenters. The predicted molar refractivity (Wildman–Crippen MR) is 71.0 cm³/mol. The molecule has 1 N–H and O–H groups in total. The van der Waals surface area contributed by atoms with Gasteiger partial charge < -0.3 is 10.2 Å². The summed E-state index contributed by atoms with van der Waals surface area (Å²) in [5, 5.41) is 3.04. The Morgan fingerprint density at radius 1 is 1.15 bits per heavy atom. The molecule has 1 aromatic carbocycles. The highest BCUT2D eigenvalue weighted by atomic mass is 19.4. The lowest BCUT2D eigenvalue weighted by atomic mass is 9.87. The lowest BCUT2D eigenvalue weighted by molar-refractivity contribution is -0.140. The van der Waals surface area contributed by atoms with Crippen LogP contribution in [0.1, 0.15) is 31.0 Å². The number of likely N-dealkylation sites (N-methyl/N-ethyl adjacent to an activating group) is 2. The van der Waals surface area contributed by atoms with Crippen molar-refractivity contribution in [2.24, 2.45) is 0 Å². The van der Waals surface area contributed by atoms with Crippen LogP contribution in [0, 0.1) is 5.82 Å². The van der Waals surface area contributed by atoms with Crippen LogP contribution in [0.4, 0.5) is 17.6 Å². The number of benzene rings is 1. The fourth-order valence-corrected chi connectivity index (χ4v) is 2.13. The van der Waals surface area contributed by atoms with E-state index in [1.165, 1.54) is 6.07 Å². The number of nitrogens with one attached hydrogen (secondary N) is 1. The third kappa shape index (κ3) is 3.30. The van der Waals surface area contributed by atoms with E-state index in [9.17, 15) is 17.6 Å². The molecular formula is C14H20F4N2. The molecule has 0 fully saturated rings. The largest absolute Gasteiger partial charge is 0.419 e. The molecule has 0 saturated heterocycles. The highest BCUT2D eigenvalue weighted by Crippen LogP contribution is 2.35. The van der Waals surface area contributed by atoms with Gasteiger partial charge >= 0.3 is 6.18 Å². The zero-order valence-corrected chi connectivity index (χ0v) is 12.3. The van der Waals surface area contributed by atoms with Crippen LogP contribution in [0.15, 0.2) is 18.2 Å². The van der Waals surface area contributed by atoms with E-state index in [-0.39, 0.29) is 11.6 Å². The van der Waals surface area contributed by atoms with Crippen LogP contribution >= 0.6 is 0 Å². The van der Waals surface area contributed by atoms with Crippen LogP contribution in [0.2, 0.25) is 0 Å². The number of halogens is 4. The van der Waals surface area contributed by atoms with Crippen molar-refractivity contribution < 1.29 is 17.6 Å². The minimum absolute atomic E-state index is 0.297. The van der Waals surface area contributed by atoms with Crippen molar-refractivity contribution in [1.82, 2.24) is 10.2 Å². The third-order valence-electron chi connectivity index (χ3n) is 3.78. The summed E-state index contributed by atoms with van der Waals surface area (Å²) in [6, 6.07) is 2.77. The zero-order valence-electron chi connectivity index (χ0n) is 12.3. The average Bonchev–Trinajstić information content (AvgIpc) is 2.27. The van der Waals surface area contributed by atoms with Crippen molar-refractivity contribution in [3.8, 4) is 0 Å². The number of rotatable bonds is 4. The van der Waals surface area contributed by atoms with Gasteiger partial charge in [0.05, 0.1) is 5.56 Å². The molecule has 0 heterocycles. The van der Waals surface area contributed by atoms with Crippen molar-refractivity contribution in [1.29, 1.82) is 0 Å². The molecule has 0 aromatic heterocycles. The first-order valence-electron chi connectivity index (χ1n) is 6.23. The fourth-order valence-electron chi connectivity index (χ4n) is 2.13. The maximum atomic E-state index is 13.7. The monoisotopic (exact) mass is 292 g/mol. The van der Waals surface area contributed by atoms with Gasteiger partial charge in [-0.25, -0.2) is 4.39 Å². The Balaban J connectivity index is 3.23. The van der Waals surface area contributed by atoms with Gasteiger partial charge in [-0.1, -0.05) is 6.07 Å². The Morgan fingerprint density at radius 2 is 1.70 bits per heavy atom. The van der Waals surface area contributed by atoms with E-state index in [0.717, 1.165) is 12.1 Å². The van der Waals surface area contributed by atoms with Crippen LogP contribution in [0.3, 0.4) is 0 Å². The smallest absolute Gasteiger partial charge is 0.311 e. The Labute approximate surface area is 116 Å². The van der Waals surface area contributed by atoms with E-state index in [1.54, 1.807) is 7.05 Å². The van der Waals surface area contributed by atoms with E-state index in [0.29, 0.717) is 5.56 Å². The van der Waals surface area contributed by atoms with Crippen LogP contribution in [0.5, 0.6) is 0 Å². The highest BCUT2D eigenvalue weighted by Gasteiger charge is 2.36. The number of alkyl halides is 3. The maximum Gasteiger partial charge on any atom is 0.419 e. The molecule has 0 aliphatic heterocycles. The molecule has 0 amide bonds. The number of nitrogens with zero attached hydrogens (tertiary/aromatic N) is 1. The third-order valence-corrected chi connectivity index (χ3v) is 3.78. The average molecular weight is 292 g/mol. The van der Waals surface area contributed by atoms with Crippen LogP contribution in [0.25, 0.3) is 0 Å². The Hall–Kier alpha value is -1.14. The van der Waals surface area contributed by atoms with Crippen molar-refractivity contribution >= 4 is 0 Å². The first kappa shape index (κ1) is 16.9. The van der Waals surface area contributed by atoms with Gasteiger partial charge in [-0.3, -0.25) is 0 Å². The molecule has 1 rings (SSSR count). The number of hydrogen-bond acceptors (Lipinski definition) is 2. The quantitative estimate of drug-likeness (QED) is 0.855. The Kier molecular flexibility index (Phi) is 4.82. The van der Waals surface area contributed by atoms with E-state index >= 15 is 0 Å². The van der Waals surface area contributed by atoms with E-state index < -0.39 is 17.6 Å².